The van der Waals surface area contributed by atoms with Gasteiger partial charge in [-0.05, 0) is 83.5 Å². The van der Waals surface area contributed by atoms with Gasteiger partial charge in [0.2, 0.25) is 5.91 Å². The number of hydrogen-bond acceptors (Lipinski definition) is 5. The van der Waals surface area contributed by atoms with Crippen LogP contribution in [0.2, 0.25) is 0 Å². The summed E-state index contributed by atoms with van der Waals surface area (Å²) >= 11 is 0. The number of unbranched alkanes of at least 4 members (excludes halogenated alkanes) is 37. The number of amides is 1. The summed E-state index contributed by atoms with van der Waals surface area (Å²) in [6.07, 6.45) is 65.9. The van der Waals surface area contributed by atoms with Crippen LogP contribution in [0.4, 0.5) is 0 Å². The van der Waals surface area contributed by atoms with Crippen molar-refractivity contribution in [3.8, 4) is 0 Å². The first-order chi connectivity index (χ1) is 31.5. The summed E-state index contributed by atoms with van der Waals surface area (Å²) in [4.78, 5) is 24.5. The topological polar surface area (TPSA) is 95.9 Å². The molecule has 0 aliphatic heterocycles. The molecule has 0 aromatic rings. The molecular weight excluding hydrogens is 791 g/mol. The van der Waals surface area contributed by atoms with E-state index in [1.165, 1.54) is 218 Å². The minimum Gasteiger partial charge on any atom is -0.466 e. The summed E-state index contributed by atoms with van der Waals surface area (Å²) in [5.41, 5.74) is 0. The Morgan fingerprint density at radius 2 is 0.734 bits per heavy atom. The Labute approximate surface area is 398 Å². The Morgan fingerprint density at radius 1 is 0.422 bits per heavy atom. The van der Waals surface area contributed by atoms with Crippen molar-refractivity contribution in [2.24, 2.45) is 0 Å². The van der Waals surface area contributed by atoms with Gasteiger partial charge in [0.15, 0.2) is 0 Å². The standard InChI is InChI=1S/C58H109NO5/c1-3-5-7-9-11-13-15-17-24-28-32-36-40-44-48-52-58(63)64-53-49-45-41-37-33-29-26-23-21-19-18-20-22-25-27-31-35-39-43-47-51-57(62)59-55(54-60)56(61)50-46-42-38-34-30-16-14-12-10-8-6-4-2/h17-18,20,24,46,50,55-56,60-61H,3-16,19,21-23,25-45,47-49,51-54H2,1-2H3,(H,59,62)/b20-18-,24-17-,50-46+. The van der Waals surface area contributed by atoms with E-state index >= 15 is 0 Å². The smallest absolute Gasteiger partial charge is 0.305 e. The second-order valence-electron chi connectivity index (χ2n) is 19.3. The highest BCUT2D eigenvalue weighted by molar-refractivity contribution is 5.76. The highest BCUT2D eigenvalue weighted by atomic mass is 16.5. The second kappa shape index (κ2) is 53.7. The highest BCUT2D eigenvalue weighted by Gasteiger charge is 2.18. The molecule has 6 nitrogen and oxygen atoms in total. The largest absolute Gasteiger partial charge is 0.466 e. The molecule has 0 aliphatic carbocycles. The molecule has 0 saturated carbocycles. The first kappa shape index (κ1) is 62.1. The average molecular weight is 901 g/mol. The van der Waals surface area contributed by atoms with E-state index in [2.05, 4.69) is 43.5 Å². The van der Waals surface area contributed by atoms with Crippen LogP contribution >= 0.6 is 0 Å². The molecule has 2 atom stereocenters. The average Bonchev–Trinajstić information content (AvgIpc) is 3.29. The summed E-state index contributed by atoms with van der Waals surface area (Å²) < 4.78 is 5.47. The molecule has 0 radical (unpaired) electrons. The molecule has 3 N–H and O–H groups in total. The number of hydrogen-bond donors (Lipinski definition) is 3. The number of allylic oxidation sites excluding steroid dienone is 5. The monoisotopic (exact) mass is 900 g/mol. The fraction of sp³-hybridized carbons (Fsp3) is 0.862. The molecule has 0 heterocycles. The molecule has 0 fully saturated rings. The van der Waals surface area contributed by atoms with Gasteiger partial charge in [-0.2, -0.15) is 0 Å². The van der Waals surface area contributed by atoms with Gasteiger partial charge in [0.1, 0.15) is 0 Å². The van der Waals surface area contributed by atoms with Crippen molar-refractivity contribution in [2.75, 3.05) is 13.2 Å². The van der Waals surface area contributed by atoms with E-state index in [-0.39, 0.29) is 18.5 Å². The molecule has 0 saturated heterocycles. The van der Waals surface area contributed by atoms with Gasteiger partial charge in [-0.3, -0.25) is 9.59 Å². The third kappa shape index (κ3) is 49.5. The zero-order valence-electron chi connectivity index (χ0n) is 42.8. The van der Waals surface area contributed by atoms with Crippen molar-refractivity contribution in [3.05, 3.63) is 36.5 Å². The van der Waals surface area contributed by atoms with E-state index in [1.54, 1.807) is 6.08 Å². The Kier molecular flexibility index (Phi) is 52.1. The molecule has 0 bridgehead atoms. The van der Waals surface area contributed by atoms with Gasteiger partial charge in [0, 0.05) is 12.8 Å². The van der Waals surface area contributed by atoms with Crippen LogP contribution in [0.25, 0.3) is 0 Å². The van der Waals surface area contributed by atoms with Gasteiger partial charge in [0.25, 0.3) is 0 Å². The number of esters is 1. The van der Waals surface area contributed by atoms with Crippen molar-refractivity contribution in [2.45, 2.75) is 309 Å². The van der Waals surface area contributed by atoms with Gasteiger partial charge < -0.3 is 20.3 Å². The van der Waals surface area contributed by atoms with Crippen LogP contribution < -0.4 is 5.32 Å². The van der Waals surface area contributed by atoms with E-state index in [0.717, 1.165) is 51.4 Å². The van der Waals surface area contributed by atoms with Gasteiger partial charge in [-0.1, -0.05) is 237 Å². The molecule has 2 unspecified atom stereocenters. The van der Waals surface area contributed by atoms with Gasteiger partial charge >= 0.3 is 5.97 Å². The van der Waals surface area contributed by atoms with E-state index in [4.69, 9.17) is 4.74 Å². The summed E-state index contributed by atoms with van der Waals surface area (Å²) in [6.45, 7) is 4.88. The van der Waals surface area contributed by atoms with E-state index < -0.39 is 12.1 Å². The number of carbonyl (C=O) groups is 2. The van der Waals surface area contributed by atoms with Crippen LogP contribution in [0.5, 0.6) is 0 Å². The summed E-state index contributed by atoms with van der Waals surface area (Å²) in [6, 6.07) is -0.633. The molecule has 0 rings (SSSR count). The Hall–Kier alpha value is -1.92. The van der Waals surface area contributed by atoms with Crippen LogP contribution in [0, 0.1) is 0 Å². The first-order valence-electron chi connectivity index (χ1n) is 28.3. The van der Waals surface area contributed by atoms with Gasteiger partial charge in [-0.15, -0.1) is 0 Å². The molecule has 6 heteroatoms. The zero-order valence-corrected chi connectivity index (χ0v) is 42.8. The number of aliphatic hydroxyl groups is 2. The summed E-state index contributed by atoms with van der Waals surface area (Å²) in [7, 11) is 0. The minimum atomic E-state index is -0.849. The molecule has 0 aromatic heterocycles. The fourth-order valence-electron chi connectivity index (χ4n) is 8.50. The molecule has 1 amide bonds. The SMILES string of the molecule is CCCCCCCC/C=C\CCCCCCCC(=O)OCCCCCCCCCCC/C=C\CCCCCCCCCC(=O)NC(CO)C(O)/C=C/CCCCCCCCCCCC. The fourth-order valence-corrected chi connectivity index (χ4v) is 8.50. The van der Waals surface area contributed by atoms with Crippen molar-refractivity contribution < 1.29 is 24.5 Å². The van der Waals surface area contributed by atoms with Crippen LogP contribution in [0.15, 0.2) is 36.5 Å². The van der Waals surface area contributed by atoms with Crippen molar-refractivity contribution >= 4 is 11.9 Å². The van der Waals surface area contributed by atoms with Crippen molar-refractivity contribution in [1.29, 1.82) is 0 Å². The second-order valence-corrected chi connectivity index (χ2v) is 19.3. The number of ether oxygens (including phenoxy) is 1. The summed E-state index contributed by atoms with van der Waals surface area (Å²) in [5, 5.41) is 23.0. The lowest BCUT2D eigenvalue weighted by molar-refractivity contribution is -0.143. The number of carbonyl (C=O) groups excluding carboxylic acids is 2. The molecule has 376 valence electrons. The molecule has 0 spiro atoms. The lowest BCUT2D eigenvalue weighted by atomic mass is 10.0. The first-order valence-corrected chi connectivity index (χ1v) is 28.3. The molecular formula is C58H109NO5. The minimum absolute atomic E-state index is 0.00283. The number of rotatable bonds is 52. The van der Waals surface area contributed by atoms with Gasteiger partial charge in [-0.25, -0.2) is 0 Å². The van der Waals surface area contributed by atoms with E-state index in [9.17, 15) is 19.8 Å². The van der Waals surface area contributed by atoms with Crippen LogP contribution in [0.3, 0.4) is 0 Å². The predicted octanol–water partition coefficient (Wildman–Crippen LogP) is 17.2. The van der Waals surface area contributed by atoms with Crippen LogP contribution in [-0.4, -0.2) is 47.4 Å². The Morgan fingerprint density at radius 3 is 1.11 bits per heavy atom. The van der Waals surface area contributed by atoms with Gasteiger partial charge in [0.05, 0.1) is 25.4 Å². The number of nitrogens with one attached hydrogen (secondary N) is 1. The maximum absolute atomic E-state index is 12.4. The predicted molar refractivity (Wildman–Crippen MR) is 278 cm³/mol. The molecule has 0 aliphatic rings. The van der Waals surface area contributed by atoms with Crippen molar-refractivity contribution in [3.63, 3.8) is 0 Å². The Balaban J connectivity index is 3.45. The number of aliphatic hydroxyl groups excluding tert-OH is 2. The normalized spacial score (nSPS) is 12.9. The third-order valence-electron chi connectivity index (χ3n) is 12.9. The van der Waals surface area contributed by atoms with E-state index in [1.807, 2.05) is 6.08 Å². The lowest BCUT2D eigenvalue weighted by Gasteiger charge is -2.20. The summed E-state index contributed by atoms with van der Waals surface area (Å²) in [5.74, 6) is -0.0806. The quantitative estimate of drug-likeness (QED) is 0.0321. The lowest BCUT2D eigenvalue weighted by Crippen LogP contribution is -2.45. The van der Waals surface area contributed by atoms with Crippen LogP contribution in [-0.2, 0) is 14.3 Å². The maximum Gasteiger partial charge on any atom is 0.305 e. The Bertz CT molecular complexity index is 1040. The van der Waals surface area contributed by atoms with Crippen molar-refractivity contribution in [1.82, 2.24) is 5.32 Å². The highest BCUT2D eigenvalue weighted by Crippen LogP contribution is 2.15. The maximum atomic E-state index is 12.4. The third-order valence-corrected chi connectivity index (χ3v) is 12.9. The molecule has 0 aromatic carbocycles. The van der Waals surface area contributed by atoms with Crippen LogP contribution in [0.1, 0.15) is 296 Å². The zero-order chi connectivity index (χ0) is 46.5. The van der Waals surface area contributed by atoms with E-state index in [0.29, 0.717) is 19.4 Å². The molecule has 64 heavy (non-hydrogen) atoms.